The van der Waals surface area contributed by atoms with Crippen molar-refractivity contribution in [3.63, 3.8) is 0 Å². The third-order valence-electron chi connectivity index (χ3n) is 6.44. The summed E-state index contributed by atoms with van der Waals surface area (Å²) in [4.78, 5) is 23.0. The van der Waals surface area contributed by atoms with Crippen LogP contribution in [0.1, 0.15) is 11.1 Å². The van der Waals surface area contributed by atoms with Gasteiger partial charge in [-0.15, -0.1) is 11.3 Å². The number of hydrogen-bond donors (Lipinski definition) is 3. The maximum atomic E-state index is 4.89. The van der Waals surface area contributed by atoms with Gasteiger partial charge in [0.25, 0.3) is 0 Å². The molecule has 0 bridgehead atoms. The van der Waals surface area contributed by atoms with Crippen LogP contribution in [0.2, 0.25) is 0 Å². The van der Waals surface area contributed by atoms with Crippen molar-refractivity contribution < 1.29 is 0 Å². The lowest BCUT2D eigenvalue weighted by molar-refractivity contribution is 0.691. The Balaban J connectivity index is 1.20. The Morgan fingerprint density at radius 2 is 1.71 bits per heavy atom. The molecule has 0 aliphatic carbocycles. The number of aromatic nitrogens is 7. The maximum absolute atomic E-state index is 4.89. The normalized spacial score (nSPS) is 11.5. The van der Waals surface area contributed by atoms with Crippen LogP contribution in [0.3, 0.4) is 0 Å². The smallest absolute Gasteiger partial charge is 0.161 e. The lowest BCUT2D eigenvalue weighted by Crippen LogP contribution is -2.12. The number of nitrogens with one attached hydrogen (secondary N) is 3. The second kappa shape index (κ2) is 9.62. The van der Waals surface area contributed by atoms with Crippen LogP contribution in [0.5, 0.6) is 0 Å². The van der Waals surface area contributed by atoms with Crippen molar-refractivity contribution in [3.8, 4) is 33.1 Å². The van der Waals surface area contributed by atoms with Crippen LogP contribution in [-0.2, 0) is 13.1 Å². The van der Waals surface area contributed by atoms with Crippen LogP contribution in [0.4, 0.5) is 0 Å². The predicted molar refractivity (Wildman–Crippen MR) is 150 cm³/mol. The lowest BCUT2D eigenvalue weighted by atomic mass is 10.1. The second-order valence-corrected chi connectivity index (χ2v) is 9.93. The molecule has 0 aliphatic rings. The third kappa shape index (κ3) is 4.23. The largest absolute Gasteiger partial charge is 0.321 e. The number of thiophene rings is 1. The summed E-state index contributed by atoms with van der Waals surface area (Å²) in [5, 5.41) is 14.0. The average Bonchev–Trinajstić information content (AvgIpc) is 3.73. The van der Waals surface area contributed by atoms with E-state index in [9.17, 15) is 0 Å². The highest BCUT2D eigenvalue weighted by atomic mass is 32.1. The van der Waals surface area contributed by atoms with Gasteiger partial charge in [0.05, 0.1) is 5.39 Å². The molecule has 0 radical (unpaired) electrons. The van der Waals surface area contributed by atoms with E-state index < -0.39 is 0 Å². The van der Waals surface area contributed by atoms with Crippen molar-refractivity contribution >= 4 is 33.5 Å². The van der Waals surface area contributed by atoms with E-state index >= 15 is 0 Å². The Labute approximate surface area is 221 Å². The van der Waals surface area contributed by atoms with E-state index in [-0.39, 0.29) is 0 Å². The first-order valence-electron chi connectivity index (χ1n) is 12.2. The zero-order valence-electron chi connectivity index (χ0n) is 20.2. The quantitative estimate of drug-likeness (QED) is 0.242. The van der Waals surface area contributed by atoms with E-state index in [0.29, 0.717) is 17.2 Å². The number of pyridine rings is 3. The molecule has 0 saturated carbocycles. The minimum atomic E-state index is 0.652. The monoisotopic (exact) mass is 514 g/mol. The first kappa shape index (κ1) is 22.5. The summed E-state index contributed by atoms with van der Waals surface area (Å²) in [5.74, 6) is 0.652. The summed E-state index contributed by atoms with van der Waals surface area (Å²) in [6, 6.07) is 20.7. The van der Waals surface area contributed by atoms with Gasteiger partial charge in [0.1, 0.15) is 11.2 Å². The first-order valence-corrected chi connectivity index (χ1v) is 13.1. The Morgan fingerprint density at radius 1 is 0.816 bits per heavy atom. The van der Waals surface area contributed by atoms with Crippen molar-refractivity contribution in [3.05, 3.63) is 102 Å². The average molecular weight is 515 g/mol. The van der Waals surface area contributed by atoms with Crippen LogP contribution >= 0.6 is 11.3 Å². The molecule has 0 aliphatic heterocycles. The molecule has 38 heavy (non-hydrogen) atoms. The van der Waals surface area contributed by atoms with Crippen molar-refractivity contribution in [1.29, 1.82) is 0 Å². The minimum absolute atomic E-state index is 0.652. The predicted octanol–water partition coefficient (Wildman–Crippen LogP) is 5.98. The van der Waals surface area contributed by atoms with Crippen molar-refractivity contribution in [2.45, 2.75) is 13.1 Å². The molecule has 0 atom stereocenters. The molecule has 7 rings (SSSR count). The highest BCUT2D eigenvalue weighted by Gasteiger charge is 2.17. The van der Waals surface area contributed by atoms with Crippen LogP contribution in [0.25, 0.3) is 55.3 Å². The van der Waals surface area contributed by atoms with Gasteiger partial charge < -0.3 is 10.3 Å². The topological polar surface area (TPSA) is 108 Å². The fourth-order valence-corrected chi connectivity index (χ4v) is 5.34. The fraction of sp³-hybridized carbons (Fsp3) is 0.0690. The maximum Gasteiger partial charge on any atom is 0.161 e. The van der Waals surface area contributed by atoms with E-state index in [1.165, 1.54) is 5.56 Å². The van der Waals surface area contributed by atoms with E-state index in [1.54, 1.807) is 17.5 Å². The molecule has 3 N–H and O–H groups in total. The van der Waals surface area contributed by atoms with E-state index in [1.807, 2.05) is 36.8 Å². The fourth-order valence-electron chi connectivity index (χ4n) is 4.58. The third-order valence-corrected chi connectivity index (χ3v) is 7.34. The van der Waals surface area contributed by atoms with Gasteiger partial charge in [-0.2, -0.15) is 5.10 Å². The molecule has 6 aromatic heterocycles. The number of fused-ring (bicyclic) bond motifs is 2. The van der Waals surface area contributed by atoms with Gasteiger partial charge in [0.15, 0.2) is 17.1 Å². The number of H-pyrrole nitrogens is 2. The highest BCUT2D eigenvalue weighted by molar-refractivity contribution is 7.13. The van der Waals surface area contributed by atoms with Crippen LogP contribution < -0.4 is 5.32 Å². The second-order valence-electron chi connectivity index (χ2n) is 8.98. The van der Waals surface area contributed by atoms with E-state index in [0.717, 1.165) is 56.8 Å². The summed E-state index contributed by atoms with van der Waals surface area (Å²) < 4.78 is 0. The number of benzene rings is 1. The molecule has 7 aromatic rings. The highest BCUT2D eigenvalue weighted by Crippen LogP contribution is 2.33. The van der Waals surface area contributed by atoms with Gasteiger partial charge >= 0.3 is 0 Å². The number of aromatic amines is 2. The minimum Gasteiger partial charge on any atom is -0.321 e. The molecular weight excluding hydrogens is 492 g/mol. The molecular formula is C29H22N8S. The Morgan fingerprint density at radius 3 is 2.61 bits per heavy atom. The van der Waals surface area contributed by atoms with Crippen molar-refractivity contribution in [2.75, 3.05) is 0 Å². The zero-order valence-corrected chi connectivity index (χ0v) is 21.0. The van der Waals surface area contributed by atoms with Gasteiger partial charge in [-0.25, -0.2) is 15.0 Å². The molecule has 0 unspecified atom stereocenters. The summed E-state index contributed by atoms with van der Waals surface area (Å²) >= 11 is 1.68. The summed E-state index contributed by atoms with van der Waals surface area (Å²) in [5.41, 5.74) is 8.33. The number of rotatable bonds is 7. The van der Waals surface area contributed by atoms with Crippen LogP contribution in [0.15, 0.2) is 90.8 Å². The van der Waals surface area contributed by atoms with Gasteiger partial charge in [0.2, 0.25) is 0 Å². The molecule has 1 aromatic carbocycles. The first-order chi connectivity index (χ1) is 18.8. The standard InChI is InChI=1S/C29H22N8S/c1-2-5-18(6-3-1)13-30-14-19-11-20(16-31-15-19)21-12-23-26(36-37-27(23)33-17-21)29-34-25-22(24-7-4-10-38-24)8-9-32-28(25)35-29/h1-12,15-17,30H,13-14H2,(H,32,34,35)(H,33,36,37). The van der Waals surface area contributed by atoms with Crippen molar-refractivity contribution in [2.24, 2.45) is 0 Å². The SMILES string of the molecule is c1ccc(CNCc2cncc(-c3cnc4[nH]nc(-c5nc6c(-c7cccs7)ccnc6[nH]5)c4c3)c2)cc1. The molecule has 0 saturated heterocycles. The molecule has 8 nitrogen and oxygen atoms in total. The number of nitrogens with zero attached hydrogens (tertiary/aromatic N) is 5. The molecule has 9 heteroatoms. The van der Waals surface area contributed by atoms with Gasteiger partial charge in [-0.05, 0) is 40.8 Å². The Kier molecular flexibility index (Phi) is 5.69. The lowest BCUT2D eigenvalue weighted by Gasteiger charge is -2.07. The molecule has 0 amide bonds. The molecule has 6 heterocycles. The summed E-state index contributed by atoms with van der Waals surface area (Å²) in [7, 11) is 0. The van der Waals surface area contributed by atoms with E-state index in [4.69, 9.17) is 4.98 Å². The van der Waals surface area contributed by atoms with Crippen molar-refractivity contribution in [1.82, 2.24) is 40.4 Å². The summed E-state index contributed by atoms with van der Waals surface area (Å²) in [6.07, 6.45) is 7.40. The van der Waals surface area contributed by atoms with Gasteiger partial charge in [0, 0.05) is 59.4 Å². The molecule has 0 spiro atoms. The van der Waals surface area contributed by atoms with Gasteiger partial charge in [-0.1, -0.05) is 36.4 Å². The number of imidazole rings is 1. The molecule has 184 valence electrons. The Bertz CT molecular complexity index is 1850. The van der Waals surface area contributed by atoms with Crippen LogP contribution in [0, 0.1) is 0 Å². The van der Waals surface area contributed by atoms with Gasteiger partial charge in [-0.3, -0.25) is 10.1 Å². The van der Waals surface area contributed by atoms with Crippen LogP contribution in [-0.4, -0.2) is 35.1 Å². The summed E-state index contributed by atoms with van der Waals surface area (Å²) in [6.45, 7) is 1.53. The Hall–Kier alpha value is -4.73. The van der Waals surface area contributed by atoms with E-state index in [2.05, 4.69) is 83.3 Å². The molecule has 0 fully saturated rings. The zero-order chi connectivity index (χ0) is 25.3. The number of hydrogen-bond acceptors (Lipinski definition) is 7.